The van der Waals surface area contributed by atoms with Gasteiger partial charge in [0.05, 0.1) is 0 Å². The first-order valence-electron chi connectivity index (χ1n) is 9.04. The van der Waals surface area contributed by atoms with Crippen LogP contribution in [-0.2, 0) is 17.8 Å². The largest absolute Gasteiger partial charge is 0.484 e. The SMILES string of the molecule is CCc1nccn1CCN1CCN(C(=O)COc2ccc(Cl)cc2)CC1. The Hall–Kier alpha value is -2.05. The second-order valence-electron chi connectivity index (χ2n) is 6.36. The van der Waals surface area contributed by atoms with E-state index >= 15 is 0 Å². The quantitative estimate of drug-likeness (QED) is 0.744. The van der Waals surface area contributed by atoms with Gasteiger partial charge in [0.1, 0.15) is 11.6 Å². The van der Waals surface area contributed by atoms with E-state index in [9.17, 15) is 4.79 Å². The van der Waals surface area contributed by atoms with E-state index in [1.807, 2.05) is 17.3 Å². The van der Waals surface area contributed by atoms with Gasteiger partial charge in [0, 0.05) is 63.1 Å². The van der Waals surface area contributed by atoms with Gasteiger partial charge in [0.15, 0.2) is 6.61 Å². The lowest BCUT2D eigenvalue weighted by molar-refractivity contribution is -0.135. The standard InChI is InChI=1S/C19H25ClN4O2/c1-2-18-21-7-8-23(18)12-9-22-10-13-24(14-11-22)19(25)15-26-17-5-3-16(20)4-6-17/h3-8H,2,9-15H2,1H3. The van der Waals surface area contributed by atoms with E-state index in [2.05, 4.69) is 21.4 Å². The summed E-state index contributed by atoms with van der Waals surface area (Å²) in [6.45, 7) is 7.38. The maximum atomic E-state index is 12.3. The zero-order valence-corrected chi connectivity index (χ0v) is 15.9. The number of aryl methyl sites for hydroxylation is 1. The molecule has 26 heavy (non-hydrogen) atoms. The van der Waals surface area contributed by atoms with Gasteiger partial charge in [-0.3, -0.25) is 9.69 Å². The Morgan fingerprint density at radius 3 is 2.58 bits per heavy atom. The fraction of sp³-hybridized carbons (Fsp3) is 0.474. The Morgan fingerprint density at radius 1 is 1.15 bits per heavy atom. The van der Waals surface area contributed by atoms with Gasteiger partial charge in [-0.15, -0.1) is 0 Å². The number of ether oxygens (including phenoxy) is 1. The van der Waals surface area contributed by atoms with Crippen LogP contribution in [0.15, 0.2) is 36.7 Å². The molecule has 7 heteroatoms. The fourth-order valence-corrected chi connectivity index (χ4v) is 3.22. The van der Waals surface area contributed by atoms with Crippen molar-refractivity contribution in [2.75, 3.05) is 39.3 Å². The number of rotatable bonds is 7. The van der Waals surface area contributed by atoms with Crippen molar-refractivity contribution in [2.24, 2.45) is 0 Å². The van der Waals surface area contributed by atoms with Crippen LogP contribution in [0.1, 0.15) is 12.7 Å². The molecule has 140 valence electrons. The molecule has 0 saturated carbocycles. The number of piperazine rings is 1. The summed E-state index contributed by atoms with van der Waals surface area (Å²) in [6, 6.07) is 7.05. The minimum atomic E-state index is 0.0301. The Morgan fingerprint density at radius 2 is 1.88 bits per heavy atom. The second kappa shape index (κ2) is 9.05. The molecule has 2 heterocycles. The van der Waals surface area contributed by atoms with Crippen molar-refractivity contribution in [2.45, 2.75) is 19.9 Å². The molecule has 0 spiro atoms. The summed E-state index contributed by atoms with van der Waals surface area (Å²) in [5.74, 6) is 1.81. The summed E-state index contributed by atoms with van der Waals surface area (Å²) in [6.07, 6.45) is 4.84. The molecular weight excluding hydrogens is 352 g/mol. The van der Waals surface area contributed by atoms with Crippen LogP contribution in [0.4, 0.5) is 0 Å². The van der Waals surface area contributed by atoms with Crippen molar-refractivity contribution in [3.05, 3.63) is 47.5 Å². The van der Waals surface area contributed by atoms with E-state index in [1.165, 1.54) is 0 Å². The molecule has 6 nitrogen and oxygen atoms in total. The molecule has 0 aliphatic carbocycles. The van der Waals surface area contributed by atoms with Crippen molar-refractivity contribution in [3.63, 3.8) is 0 Å². The summed E-state index contributed by atoms with van der Waals surface area (Å²) < 4.78 is 7.76. The molecule has 3 rings (SSSR count). The van der Waals surface area contributed by atoms with Crippen LogP contribution in [0.5, 0.6) is 5.75 Å². The number of carbonyl (C=O) groups excluding carboxylic acids is 1. The van der Waals surface area contributed by atoms with E-state index in [-0.39, 0.29) is 12.5 Å². The van der Waals surface area contributed by atoms with E-state index in [0.717, 1.165) is 51.5 Å². The Kier molecular flexibility index (Phi) is 6.52. The maximum absolute atomic E-state index is 12.3. The zero-order valence-electron chi connectivity index (χ0n) is 15.1. The van der Waals surface area contributed by atoms with Gasteiger partial charge >= 0.3 is 0 Å². The highest BCUT2D eigenvalue weighted by Gasteiger charge is 2.21. The maximum Gasteiger partial charge on any atom is 0.260 e. The molecule has 1 saturated heterocycles. The molecule has 0 radical (unpaired) electrons. The monoisotopic (exact) mass is 376 g/mol. The van der Waals surface area contributed by atoms with E-state index in [1.54, 1.807) is 24.3 Å². The normalized spacial score (nSPS) is 15.2. The smallest absolute Gasteiger partial charge is 0.260 e. The van der Waals surface area contributed by atoms with Gasteiger partial charge < -0.3 is 14.2 Å². The van der Waals surface area contributed by atoms with Crippen molar-refractivity contribution in [1.82, 2.24) is 19.4 Å². The van der Waals surface area contributed by atoms with Crippen LogP contribution < -0.4 is 4.74 Å². The van der Waals surface area contributed by atoms with Crippen molar-refractivity contribution in [1.29, 1.82) is 0 Å². The molecule has 1 aromatic carbocycles. The molecule has 0 bridgehead atoms. The average Bonchev–Trinajstić information content (AvgIpc) is 3.13. The van der Waals surface area contributed by atoms with Crippen molar-refractivity contribution >= 4 is 17.5 Å². The average molecular weight is 377 g/mol. The number of aromatic nitrogens is 2. The van der Waals surface area contributed by atoms with Crippen LogP contribution in [0.25, 0.3) is 0 Å². The van der Waals surface area contributed by atoms with Crippen LogP contribution in [-0.4, -0.2) is 64.6 Å². The lowest BCUT2D eigenvalue weighted by Crippen LogP contribution is -2.50. The third-order valence-corrected chi connectivity index (χ3v) is 4.93. The minimum Gasteiger partial charge on any atom is -0.484 e. The fourth-order valence-electron chi connectivity index (χ4n) is 3.10. The molecule has 1 aliphatic heterocycles. The first-order valence-corrected chi connectivity index (χ1v) is 9.42. The second-order valence-corrected chi connectivity index (χ2v) is 6.79. The van der Waals surface area contributed by atoms with E-state index < -0.39 is 0 Å². The number of amides is 1. The third-order valence-electron chi connectivity index (χ3n) is 4.68. The number of benzene rings is 1. The lowest BCUT2D eigenvalue weighted by atomic mass is 10.3. The van der Waals surface area contributed by atoms with Crippen LogP contribution in [0.3, 0.4) is 0 Å². The minimum absolute atomic E-state index is 0.0301. The highest BCUT2D eigenvalue weighted by atomic mass is 35.5. The van der Waals surface area contributed by atoms with Gasteiger partial charge in [-0.25, -0.2) is 4.98 Å². The predicted molar refractivity (Wildman–Crippen MR) is 102 cm³/mol. The highest BCUT2D eigenvalue weighted by Crippen LogP contribution is 2.15. The first-order chi connectivity index (χ1) is 12.7. The number of hydrogen-bond acceptors (Lipinski definition) is 4. The van der Waals surface area contributed by atoms with E-state index in [0.29, 0.717) is 10.8 Å². The molecule has 0 atom stereocenters. The van der Waals surface area contributed by atoms with Crippen molar-refractivity contribution < 1.29 is 9.53 Å². The molecule has 0 N–H and O–H groups in total. The van der Waals surface area contributed by atoms with Gasteiger partial charge in [0.25, 0.3) is 5.91 Å². The number of hydrogen-bond donors (Lipinski definition) is 0. The molecule has 0 unspecified atom stereocenters. The lowest BCUT2D eigenvalue weighted by Gasteiger charge is -2.34. The van der Waals surface area contributed by atoms with Gasteiger partial charge in [-0.05, 0) is 24.3 Å². The van der Waals surface area contributed by atoms with Gasteiger partial charge in [-0.2, -0.15) is 0 Å². The topological polar surface area (TPSA) is 50.6 Å². The van der Waals surface area contributed by atoms with Crippen LogP contribution in [0, 0.1) is 0 Å². The molecule has 1 amide bonds. The van der Waals surface area contributed by atoms with Crippen molar-refractivity contribution in [3.8, 4) is 5.75 Å². The number of halogens is 1. The Bertz CT molecular complexity index is 709. The molecule has 1 fully saturated rings. The Labute approximate surface area is 159 Å². The summed E-state index contributed by atoms with van der Waals surface area (Å²) >= 11 is 5.84. The summed E-state index contributed by atoms with van der Waals surface area (Å²) in [4.78, 5) is 20.9. The van der Waals surface area contributed by atoms with Gasteiger partial charge in [-0.1, -0.05) is 18.5 Å². The van der Waals surface area contributed by atoms with Crippen LogP contribution >= 0.6 is 11.6 Å². The van der Waals surface area contributed by atoms with Crippen LogP contribution in [0.2, 0.25) is 5.02 Å². The van der Waals surface area contributed by atoms with Gasteiger partial charge in [0.2, 0.25) is 0 Å². The highest BCUT2D eigenvalue weighted by molar-refractivity contribution is 6.30. The molecule has 1 aromatic heterocycles. The number of carbonyl (C=O) groups is 1. The molecule has 2 aromatic rings. The molecule has 1 aliphatic rings. The number of imidazole rings is 1. The predicted octanol–water partition coefficient (Wildman–Crippen LogP) is 2.32. The summed E-state index contributed by atoms with van der Waals surface area (Å²) in [5.41, 5.74) is 0. The van der Waals surface area contributed by atoms with E-state index in [4.69, 9.17) is 16.3 Å². The summed E-state index contributed by atoms with van der Waals surface area (Å²) in [7, 11) is 0. The molecular formula is C19H25ClN4O2. The zero-order chi connectivity index (χ0) is 18.4. The summed E-state index contributed by atoms with van der Waals surface area (Å²) in [5, 5.41) is 0.654. The first kappa shape index (κ1) is 18.7. The Balaban J connectivity index is 1.38. The number of nitrogens with zero attached hydrogens (tertiary/aromatic N) is 4. The third kappa shape index (κ3) is 4.99.